The molecule has 2 heterocycles. The summed E-state index contributed by atoms with van der Waals surface area (Å²) in [5, 5.41) is 7.06. The van der Waals surface area contributed by atoms with Crippen LogP contribution in [0.2, 0.25) is 10.0 Å². The first-order valence-electron chi connectivity index (χ1n) is 7.92. The number of aromatic nitrogens is 2. The van der Waals surface area contributed by atoms with E-state index in [1.165, 1.54) is 6.33 Å². The van der Waals surface area contributed by atoms with Crippen LogP contribution in [0.25, 0.3) is 0 Å². The van der Waals surface area contributed by atoms with Crippen molar-refractivity contribution in [2.24, 2.45) is 0 Å². The Balaban J connectivity index is 1.53. The number of benzene rings is 1. The van der Waals surface area contributed by atoms with Gasteiger partial charge in [-0.3, -0.25) is 4.79 Å². The van der Waals surface area contributed by atoms with Crippen molar-refractivity contribution in [3.8, 4) is 0 Å². The molecule has 1 aromatic carbocycles. The molecule has 0 aliphatic carbocycles. The molecule has 0 saturated carbocycles. The summed E-state index contributed by atoms with van der Waals surface area (Å²) in [4.78, 5) is 20.4. The molecule has 134 valence electrons. The fourth-order valence-corrected chi connectivity index (χ4v) is 2.80. The Kier molecular flexibility index (Phi) is 6.09. The quantitative estimate of drug-likeness (QED) is 0.637. The summed E-state index contributed by atoms with van der Waals surface area (Å²) in [5.41, 5.74) is 1.20. The van der Waals surface area contributed by atoms with E-state index in [0.29, 0.717) is 35.4 Å². The van der Waals surface area contributed by atoms with Crippen LogP contribution in [0.5, 0.6) is 0 Å². The minimum atomic E-state index is -0.279. The highest BCUT2D eigenvalue weighted by Gasteiger charge is 2.09. The lowest BCUT2D eigenvalue weighted by molar-refractivity contribution is 0.0949. The molecule has 0 fully saturated rings. The first-order valence-corrected chi connectivity index (χ1v) is 8.68. The van der Waals surface area contributed by atoms with E-state index in [9.17, 15) is 4.79 Å². The Morgan fingerprint density at radius 3 is 2.81 bits per heavy atom. The maximum Gasteiger partial charge on any atom is 0.270 e. The predicted octanol–water partition coefficient (Wildman–Crippen LogP) is 3.96. The number of halogens is 2. The van der Waals surface area contributed by atoms with Crippen LogP contribution in [-0.2, 0) is 13.0 Å². The van der Waals surface area contributed by atoms with Gasteiger partial charge in [0.2, 0.25) is 0 Å². The van der Waals surface area contributed by atoms with Crippen LogP contribution in [0.3, 0.4) is 0 Å². The first-order chi connectivity index (χ1) is 12.6. The van der Waals surface area contributed by atoms with Crippen molar-refractivity contribution in [1.29, 1.82) is 0 Å². The van der Waals surface area contributed by atoms with Gasteiger partial charge in [-0.1, -0.05) is 29.3 Å². The molecule has 1 amide bonds. The van der Waals surface area contributed by atoms with Gasteiger partial charge in [0.25, 0.3) is 5.91 Å². The first kappa shape index (κ1) is 18.2. The van der Waals surface area contributed by atoms with Crippen LogP contribution in [0.15, 0.2) is 53.4 Å². The highest BCUT2D eigenvalue weighted by Crippen LogP contribution is 2.21. The van der Waals surface area contributed by atoms with Crippen LogP contribution in [0, 0.1) is 0 Å². The molecule has 0 aliphatic heterocycles. The normalized spacial score (nSPS) is 10.5. The fraction of sp³-hybridized carbons (Fsp3) is 0.167. The number of carbonyl (C=O) groups is 1. The third kappa shape index (κ3) is 4.97. The van der Waals surface area contributed by atoms with E-state index in [1.54, 1.807) is 24.5 Å². The maximum atomic E-state index is 12.3. The Hall–Kier alpha value is -2.57. The molecular formula is C18H16Cl2N4O2. The van der Waals surface area contributed by atoms with Gasteiger partial charge in [0.15, 0.2) is 0 Å². The maximum absolute atomic E-state index is 12.3. The third-order valence-corrected chi connectivity index (χ3v) is 4.21. The number of carbonyl (C=O) groups excluding carboxylic acids is 1. The second-order valence-electron chi connectivity index (χ2n) is 5.46. The third-order valence-electron chi connectivity index (χ3n) is 3.62. The van der Waals surface area contributed by atoms with Gasteiger partial charge in [-0.2, -0.15) is 0 Å². The van der Waals surface area contributed by atoms with E-state index in [0.717, 1.165) is 11.3 Å². The van der Waals surface area contributed by atoms with Crippen molar-refractivity contribution in [3.05, 3.63) is 76.1 Å². The minimum absolute atomic E-state index is 0.279. The molecule has 0 saturated heterocycles. The van der Waals surface area contributed by atoms with Gasteiger partial charge in [0.05, 0.1) is 12.8 Å². The van der Waals surface area contributed by atoms with Crippen LogP contribution in [0.1, 0.15) is 21.8 Å². The highest BCUT2D eigenvalue weighted by molar-refractivity contribution is 6.35. The summed E-state index contributed by atoms with van der Waals surface area (Å²) in [6, 6.07) is 10.5. The lowest BCUT2D eigenvalue weighted by atomic mass is 10.1. The summed E-state index contributed by atoms with van der Waals surface area (Å²) in [7, 11) is 0. The summed E-state index contributed by atoms with van der Waals surface area (Å²) in [6.45, 7) is 0.902. The van der Waals surface area contributed by atoms with Crippen molar-refractivity contribution in [2.45, 2.75) is 13.0 Å². The monoisotopic (exact) mass is 390 g/mol. The van der Waals surface area contributed by atoms with Gasteiger partial charge >= 0.3 is 0 Å². The lowest BCUT2D eigenvalue weighted by Gasteiger charge is -2.08. The van der Waals surface area contributed by atoms with Crippen molar-refractivity contribution >= 4 is 34.9 Å². The standard InChI is InChI=1S/C18H16Cl2N4O2/c19-13-4-3-12(15(20)8-13)5-6-21-18(25)16-9-17(24-11-23-16)22-10-14-2-1-7-26-14/h1-4,7-9,11H,5-6,10H2,(H,21,25)(H,22,23,24). The second-order valence-corrected chi connectivity index (χ2v) is 6.31. The van der Waals surface area contributed by atoms with Crippen molar-refractivity contribution < 1.29 is 9.21 Å². The summed E-state index contributed by atoms with van der Waals surface area (Å²) >= 11 is 12.0. The van der Waals surface area contributed by atoms with E-state index >= 15 is 0 Å². The number of nitrogens with one attached hydrogen (secondary N) is 2. The molecule has 0 atom stereocenters. The Bertz CT molecular complexity index is 885. The zero-order valence-corrected chi connectivity index (χ0v) is 15.2. The molecule has 8 heteroatoms. The van der Waals surface area contributed by atoms with Crippen LogP contribution >= 0.6 is 23.2 Å². The van der Waals surface area contributed by atoms with Gasteiger partial charge in [-0.25, -0.2) is 9.97 Å². The van der Waals surface area contributed by atoms with Gasteiger partial charge in [0, 0.05) is 22.7 Å². The van der Waals surface area contributed by atoms with Gasteiger partial charge in [-0.05, 0) is 36.2 Å². The summed E-state index contributed by atoms with van der Waals surface area (Å²) in [6.07, 6.45) is 3.54. The van der Waals surface area contributed by atoms with Crippen LogP contribution in [0.4, 0.5) is 5.82 Å². The van der Waals surface area contributed by atoms with Gasteiger partial charge in [0.1, 0.15) is 23.6 Å². The molecule has 2 aromatic heterocycles. The molecule has 3 rings (SSSR count). The topological polar surface area (TPSA) is 80.0 Å². The summed E-state index contributed by atoms with van der Waals surface area (Å²) < 4.78 is 5.24. The zero-order chi connectivity index (χ0) is 18.4. The number of hydrogen-bond acceptors (Lipinski definition) is 5. The second kappa shape index (κ2) is 8.69. The van der Waals surface area contributed by atoms with Crippen LogP contribution in [-0.4, -0.2) is 22.4 Å². The SMILES string of the molecule is O=C(NCCc1ccc(Cl)cc1Cl)c1cc(NCc2ccco2)ncn1. The molecule has 2 N–H and O–H groups in total. The number of anilines is 1. The molecule has 26 heavy (non-hydrogen) atoms. The van der Waals surface area contributed by atoms with E-state index in [1.807, 2.05) is 18.2 Å². The smallest absolute Gasteiger partial charge is 0.270 e. The number of furan rings is 1. The molecule has 0 spiro atoms. The largest absolute Gasteiger partial charge is 0.467 e. The average molecular weight is 391 g/mol. The van der Waals surface area contributed by atoms with Crippen LogP contribution < -0.4 is 10.6 Å². The van der Waals surface area contributed by atoms with Gasteiger partial charge < -0.3 is 15.1 Å². The Morgan fingerprint density at radius 1 is 1.15 bits per heavy atom. The molecule has 0 unspecified atom stereocenters. The minimum Gasteiger partial charge on any atom is -0.467 e. The van der Waals surface area contributed by atoms with Crippen molar-refractivity contribution in [3.63, 3.8) is 0 Å². The number of nitrogens with zero attached hydrogens (tertiary/aromatic N) is 2. The average Bonchev–Trinajstić information content (AvgIpc) is 3.15. The highest BCUT2D eigenvalue weighted by atomic mass is 35.5. The zero-order valence-electron chi connectivity index (χ0n) is 13.7. The fourth-order valence-electron chi connectivity index (χ4n) is 2.29. The number of hydrogen-bond donors (Lipinski definition) is 2. The molecule has 0 bridgehead atoms. The Labute approximate surface area is 160 Å². The molecular weight excluding hydrogens is 375 g/mol. The molecule has 0 aliphatic rings. The van der Waals surface area contributed by atoms with Crippen molar-refractivity contribution in [2.75, 3.05) is 11.9 Å². The predicted molar refractivity (Wildman–Crippen MR) is 101 cm³/mol. The lowest BCUT2D eigenvalue weighted by Crippen LogP contribution is -2.26. The summed E-state index contributed by atoms with van der Waals surface area (Å²) in [5.74, 6) is 1.04. The Morgan fingerprint density at radius 2 is 2.04 bits per heavy atom. The molecule has 3 aromatic rings. The van der Waals surface area contributed by atoms with E-state index < -0.39 is 0 Å². The molecule has 6 nitrogen and oxygen atoms in total. The van der Waals surface area contributed by atoms with E-state index in [4.69, 9.17) is 27.6 Å². The van der Waals surface area contributed by atoms with Crippen molar-refractivity contribution in [1.82, 2.24) is 15.3 Å². The van der Waals surface area contributed by atoms with Gasteiger partial charge in [-0.15, -0.1) is 0 Å². The van der Waals surface area contributed by atoms with E-state index in [-0.39, 0.29) is 11.6 Å². The number of amides is 1. The molecule has 0 radical (unpaired) electrons. The number of rotatable bonds is 7. The van der Waals surface area contributed by atoms with E-state index in [2.05, 4.69) is 20.6 Å².